The summed E-state index contributed by atoms with van der Waals surface area (Å²) in [6.45, 7) is 3.52. The quantitative estimate of drug-likeness (QED) is 0.560. The molecule has 0 aliphatic carbocycles. The van der Waals surface area contributed by atoms with Crippen molar-refractivity contribution < 1.29 is 4.79 Å². The maximum atomic E-state index is 12.7. The van der Waals surface area contributed by atoms with Gasteiger partial charge >= 0.3 is 6.03 Å². The highest BCUT2D eigenvalue weighted by molar-refractivity contribution is 5.88. The number of nitrogens with one attached hydrogen (secondary N) is 2. The van der Waals surface area contributed by atoms with Crippen LogP contribution in [-0.4, -0.2) is 53.3 Å². The van der Waals surface area contributed by atoms with E-state index >= 15 is 0 Å². The molecule has 2 N–H and O–H groups in total. The van der Waals surface area contributed by atoms with E-state index < -0.39 is 0 Å². The molecule has 0 spiro atoms. The zero-order valence-corrected chi connectivity index (χ0v) is 15.4. The third-order valence-corrected chi connectivity index (χ3v) is 5.46. The number of aromatic amines is 1. The van der Waals surface area contributed by atoms with Crippen LogP contribution in [0.1, 0.15) is 25.1 Å². The summed E-state index contributed by atoms with van der Waals surface area (Å²) in [7, 11) is 0. The van der Waals surface area contributed by atoms with Crippen molar-refractivity contribution >= 4 is 28.5 Å². The molecule has 2 amide bonds. The molecule has 9 heteroatoms. The van der Waals surface area contributed by atoms with Crippen LogP contribution < -0.4 is 5.32 Å². The molecule has 4 aromatic heterocycles. The monoisotopic (exact) mass is 376 g/mol. The second-order valence-electron chi connectivity index (χ2n) is 7.19. The van der Waals surface area contributed by atoms with Crippen molar-refractivity contribution in [2.45, 2.75) is 19.3 Å². The Kier molecular flexibility index (Phi) is 3.92. The molecule has 1 aliphatic rings. The van der Waals surface area contributed by atoms with Gasteiger partial charge in [0.15, 0.2) is 11.5 Å². The number of rotatable bonds is 2. The molecule has 5 rings (SSSR count). The van der Waals surface area contributed by atoms with Gasteiger partial charge in [-0.2, -0.15) is 0 Å². The van der Waals surface area contributed by atoms with E-state index in [1.54, 1.807) is 18.6 Å². The molecule has 28 heavy (non-hydrogen) atoms. The number of piperidine rings is 1. The molecule has 0 bridgehead atoms. The van der Waals surface area contributed by atoms with Crippen molar-refractivity contribution in [2.75, 3.05) is 18.4 Å². The summed E-state index contributed by atoms with van der Waals surface area (Å²) < 4.78 is 2.14. The molecule has 1 saturated heterocycles. The van der Waals surface area contributed by atoms with Gasteiger partial charge in [-0.15, -0.1) is 0 Å². The van der Waals surface area contributed by atoms with E-state index in [-0.39, 0.29) is 11.9 Å². The fraction of sp³-hybridized carbons (Fsp3) is 0.316. The molecular weight excluding hydrogens is 356 g/mol. The minimum atomic E-state index is -0.160. The van der Waals surface area contributed by atoms with E-state index in [1.807, 2.05) is 29.6 Å². The number of hydrogen-bond acceptors (Lipinski definition) is 5. The Hall–Kier alpha value is -3.49. The van der Waals surface area contributed by atoms with Crippen molar-refractivity contribution in [1.82, 2.24) is 34.2 Å². The number of urea groups is 1. The Morgan fingerprint density at radius 3 is 2.96 bits per heavy atom. The molecule has 5 heterocycles. The topological polar surface area (TPSA) is 104 Å². The Balaban J connectivity index is 1.45. The smallest absolute Gasteiger partial charge is 0.323 e. The standard InChI is InChI=1S/C19H20N8O/c1-12-3-7-26(19(28)25-16-10-20-5-6-21-16)11-14(12)18-24-9-13-8-23-17-15(27(13)18)2-4-22-17/h2,4-6,8-10,12,14,22H,3,7,11H2,1H3,(H,21,25,28)/t12-,14+/m1/s1. The number of carbonyl (C=O) groups excluding carboxylic acids is 1. The van der Waals surface area contributed by atoms with Crippen LogP contribution in [0.4, 0.5) is 10.6 Å². The zero-order chi connectivity index (χ0) is 19.1. The van der Waals surface area contributed by atoms with Crippen molar-refractivity contribution in [1.29, 1.82) is 0 Å². The molecule has 0 saturated carbocycles. The van der Waals surface area contributed by atoms with Crippen molar-refractivity contribution in [3.05, 3.63) is 49.1 Å². The molecule has 9 nitrogen and oxygen atoms in total. The average molecular weight is 376 g/mol. The van der Waals surface area contributed by atoms with Gasteiger partial charge in [0.1, 0.15) is 5.82 Å². The highest BCUT2D eigenvalue weighted by Crippen LogP contribution is 2.33. The number of aromatic nitrogens is 6. The maximum absolute atomic E-state index is 12.7. The summed E-state index contributed by atoms with van der Waals surface area (Å²) in [4.78, 5) is 35.0. The zero-order valence-electron chi connectivity index (χ0n) is 15.4. The SMILES string of the molecule is C[C@@H]1CCN(C(=O)Nc2cnccn2)C[C@@H]1c1ncc2cnc3[nH]ccc3n12. The van der Waals surface area contributed by atoms with Crippen molar-refractivity contribution in [3.8, 4) is 0 Å². The first-order chi connectivity index (χ1) is 13.7. The van der Waals surface area contributed by atoms with Gasteiger partial charge in [0.2, 0.25) is 0 Å². The molecule has 0 aromatic carbocycles. The summed E-state index contributed by atoms with van der Waals surface area (Å²) in [6.07, 6.45) is 11.1. The van der Waals surface area contributed by atoms with Crippen LogP contribution in [0.5, 0.6) is 0 Å². The Morgan fingerprint density at radius 2 is 2.11 bits per heavy atom. The van der Waals surface area contributed by atoms with Crippen LogP contribution in [0.3, 0.4) is 0 Å². The number of fused-ring (bicyclic) bond motifs is 3. The Morgan fingerprint density at radius 1 is 1.21 bits per heavy atom. The van der Waals surface area contributed by atoms with Crippen LogP contribution in [0, 0.1) is 5.92 Å². The van der Waals surface area contributed by atoms with E-state index in [9.17, 15) is 4.79 Å². The van der Waals surface area contributed by atoms with Gasteiger partial charge in [0, 0.05) is 37.6 Å². The lowest BCUT2D eigenvalue weighted by Gasteiger charge is -2.36. The molecule has 0 unspecified atom stereocenters. The minimum Gasteiger partial charge on any atom is -0.345 e. The number of amides is 2. The highest BCUT2D eigenvalue weighted by Gasteiger charge is 2.33. The van der Waals surface area contributed by atoms with Gasteiger partial charge < -0.3 is 9.88 Å². The van der Waals surface area contributed by atoms with E-state index in [0.717, 1.165) is 28.9 Å². The van der Waals surface area contributed by atoms with Crippen LogP contribution in [-0.2, 0) is 0 Å². The van der Waals surface area contributed by atoms with Gasteiger partial charge in [-0.05, 0) is 18.4 Å². The third kappa shape index (κ3) is 2.75. The number of imidazole rings is 1. The van der Waals surface area contributed by atoms with E-state index in [4.69, 9.17) is 4.98 Å². The number of anilines is 1. The van der Waals surface area contributed by atoms with Crippen LogP contribution in [0.15, 0.2) is 43.2 Å². The third-order valence-electron chi connectivity index (χ3n) is 5.46. The Labute approximate surface area is 160 Å². The summed E-state index contributed by atoms with van der Waals surface area (Å²) in [5.41, 5.74) is 2.78. The second kappa shape index (κ2) is 6.59. The first-order valence-electron chi connectivity index (χ1n) is 9.32. The second-order valence-corrected chi connectivity index (χ2v) is 7.19. The minimum absolute atomic E-state index is 0.129. The lowest BCUT2D eigenvalue weighted by atomic mass is 9.86. The summed E-state index contributed by atoms with van der Waals surface area (Å²) in [6, 6.07) is 1.85. The fourth-order valence-electron chi connectivity index (χ4n) is 3.90. The largest absolute Gasteiger partial charge is 0.345 e. The number of likely N-dealkylation sites (tertiary alicyclic amines) is 1. The van der Waals surface area contributed by atoms with Gasteiger partial charge in [-0.1, -0.05) is 6.92 Å². The molecular formula is C19H20N8O. The fourth-order valence-corrected chi connectivity index (χ4v) is 3.90. The predicted octanol–water partition coefficient (Wildman–Crippen LogP) is 2.66. The molecule has 4 aromatic rings. The molecule has 1 aliphatic heterocycles. The predicted molar refractivity (Wildman–Crippen MR) is 104 cm³/mol. The maximum Gasteiger partial charge on any atom is 0.323 e. The van der Waals surface area contributed by atoms with Gasteiger partial charge in [0.05, 0.1) is 29.6 Å². The van der Waals surface area contributed by atoms with Crippen LogP contribution in [0.2, 0.25) is 0 Å². The number of hydrogen-bond donors (Lipinski definition) is 2. The average Bonchev–Trinajstić information content (AvgIpc) is 3.35. The van der Waals surface area contributed by atoms with Crippen LogP contribution in [0.25, 0.3) is 16.7 Å². The molecule has 2 atom stereocenters. The lowest BCUT2D eigenvalue weighted by molar-refractivity contribution is 0.170. The molecule has 142 valence electrons. The van der Waals surface area contributed by atoms with Gasteiger partial charge in [-0.25, -0.2) is 19.7 Å². The summed E-state index contributed by atoms with van der Waals surface area (Å²) in [5, 5.41) is 2.83. The molecule has 0 radical (unpaired) electrons. The Bertz CT molecular complexity index is 1130. The lowest BCUT2D eigenvalue weighted by Crippen LogP contribution is -2.44. The normalized spacial score (nSPS) is 20.0. The highest BCUT2D eigenvalue weighted by atomic mass is 16.2. The summed E-state index contributed by atoms with van der Waals surface area (Å²) in [5.74, 6) is 1.96. The van der Waals surface area contributed by atoms with E-state index in [0.29, 0.717) is 24.8 Å². The van der Waals surface area contributed by atoms with E-state index in [2.05, 4.69) is 36.6 Å². The number of H-pyrrole nitrogens is 1. The van der Waals surface area contributed by atoms with E-state index in [1.165, 1.54) is 0 Å². The molecule has 1 fully saturated rings. The van der Waals surface area contributed by atoms with Gasteiger partial charge in [-0.3, -0.25) is 14.7 Å². The van der Waals surface area contributed by atoms with Crippen molar-refractivity contribution in [2.24, 2.45) is 5.92 Å². The van der Waals surface area contributed by atoms with Crippen molar-refractivity contribution in [3.63, 3.8) is 0 Å². The number of nitrogens with zero attached hydrogens (tertiary/aromatic N) is 6. The van der Waals surface area contributed by atoms with Gasteiger partial charge in [0.25, 0.3) is 0 Å². The first kappa shape index (κ1) is 16.7. The number of carbonyl (C=O) groups is 1. The first-order valence-corrected chi connectivity index (χ1v) is 9.32. The summed E-state index contributed by atoms with van der Waals surface area (Å²) >= 11 is 0. The van der Waals surface area contributed by atoms with Crippen LogP contribution >= 0.6 is 0 Å².